The van der Waals surface area contributed by atoms with Crippen molar-refractivity contribution in [2.75, 3.05) is 19.8 Å². The van der Waals surface area contributed by atoms with Gasteiger partial charge in [-0.15, -0.1) is 0 Å². The van der Waals surface area contributed by atoms with E-state index in [1.54, 1.807) is 0 Å². The lowest BCUT2D eigenvalue weighted by molar-refractivity contribution is -0.560. The molecule has 0 heterocycles. The van der Waals surface area contributed by atoms with Gasteiger partial charge in [0.25, 0.3) is 0 Å². The Hall–Kier alpha value is -0.240. The van der Waals surface area contributed by atoms with Crippen LogP contribution < -0.4 is 0 Å². The Kier molecular flexibility index (Phi) is 14.7. The van der Waals surface area contributed by atoms with Gasteiger partial charge in [-0.05, 0) is 67.2 Å². The first-order valence-electron chi connectivity index (χ1n) is 12.2. The van der Waals surface area contributed by atoms with Crippen molar-refractivity contribution in [1.82, 2.24) is 0 Å². The van der Waals surface area contributed by atoms with Crippen LogP contribution in [0.2, 0.25) is 0 Å². The van der Waals surface area contributed by atoms with Gasteiger partial charge in [0, 0.05) is 6.61 Å². The lowest BCUT2D eigenvalue weighted by atomic mass is 9.87. The van der Waals surface area contributed by atoms with E-state index in [0.29, 0.717) is 19.8 Å². The highest BCUT2D eigenvalue weighted by molar-refractivity contribution is 4.87. The Morgan fingerprint density at radius 1 is 0.774 bits per heavy atom. The Morgan fingerprint density at radius 3 is 1.87 bits per heavy atom. The van der Waals surface area contributed by atoms with Gasteiger partial charge in [-0.1, -0.05) is 47.0 Å². The number of hydrogen-bond donors (Lipinski definition) is 0. The minimum atomic E-state index is -1.51. The summed E-state index contributed by atoms with van der Waals surface area (Å²) >= 11 is 0. The average molecular weight is 449 g/mol. The van der Waals surface area contributed by atoms with Crippen LogP contribution in [0.15, 0.2) is 0 Å². The van der Waals surface area contributed by atoms with Gasteiger partial charge in [0.1, 0.15) is 0 Å². The molecule has 0 fully saturated rings. The summed E-state index contributed by atoms with van der Waals surface area (Å²) in [5.41, 5.74) is -1.38. The molecule has 0 rings (SSSR count). The Balaban J connectivity index is 6.02. The number of ether oxygens (including phenoxy) is 4. The standard InChI is InChI=1S/C25H52O6/c1-12-14-16-18-28-31-25(27-19-20(3)4,30-23(7,8)9)24(10,11)22(29-21(5)6)26-17-15-13-2/h20-22H,12-19H2,1-11H3. The third kappa shape index (κ3) is 12.0. The smallest absolute Gasteiger partial charge is 0.322 e. The van der Waals surface area contributed by atoms with E-state index in [4.69, 9.17) is 28.7 Å². The zero-order chi connectivity index (χ0) is 24.1. The monoisotopic (exact) mass is 448 g/mol. The molecule has 0 aliphatic rings. The molecule has 0 saturated carbocycles. The molecule has 0 bridgehead atoms. The third-order valence-electron chi connectivity index (χ3n) is 4.59. The molecule has 2 unspecified atom stereocenters. The third-order valence-corrected chi connectivity index (χ3v) is 4.59. The molecule has 0 aromatic heterocycles. The van der Waals surface area contributed by atoms with Crippen molar-refractivity contribution in [2.45, 2.75) is 132 Å². The minimum absolute atomic E-state index is 0.0335. The molecule has 0 radical (unpaired) electrons. The molecule has 0 aromatic rings. The quantitative estimate of drug-likeness (QED) is 0.0988. The van der Waals surface area contributed by atoms with Crippen molar-refractivity contribution in [3.8, 4) is 0 Å². The molecule has 0 saturated heterocycles. The summed E-state index contributed by atoms with van der Waals surface area (Å²) in [5, 5.41) is 0. The summed E-state index contributed by atoms with van der Waals surface area (Å²) < 4.78 is 25.3. The second-order valence-electron chi connectivity index (χ2n) is 10.6. The Labute approximate surface area is 192 Å². The van der Waals surface area contributed by atoms with Crippen LogP contribution in [0.4, 0.5) is 0 Å². The maximum atomic E-state index is 6.49. The fourth-order valence-electron chi connectivity index (χ4n) is 2.85. The highest BCUT2D eigenvalue weighted by atomic mass is 17.3. The summed E-state index contributed by atoms with van der Waals surface area (Å²) in [4.78, 5) is 11.7. The summed E-state index contributed by atoms with van der Waals surface area (Å²) in [6, 6.07) is 0. The maximum absolute atomic E-state index is 6.49. The van der Waals surface area contributed by atoms with E-state index < -0.39 is 23.3 Å². The Bertz CT molecular complexity index is 444. The normalized spacial score (nSPS) is 16.2. The van der Waals surface area contributed by atoms with Gasteiger partial charge in [-0.2, -0.15) is 4.89 Å². The predicted molar refractivity (Wildman–Crippen MR) is 126 cm³/mol. The van der Waals surface area contributed by atoms with Crippen LogP contribution >= 0.6 is 0 Å². The van der Waals surface area contributed by atoms with E-state index in [0.717, 1.165) is 32.1 Å². The van der Waals surface area contributed by atoms with Crippen LogP contribution in [0.25, 0.3) is 0 Å². The molecule has 31 heavy (non-hydrogen) atoms. The van der Waals surface area contributed by atoms with Crippen molar-refractivity contribution in [1.29, 1.82) is 0 Å². The first-order chi connectivity index (χ1) is 14.3. The molecule has 0 aliphatic heterocycles. The summed E-state index contributed by atoms with van der Waals surface area (Å²) in [5.74, 6) is -1.22. The van der Waals surface area contributed by atoms with Crippen LogP contribution in [0.5, 0.6) is 0 Å². The van der Waals surface area contributed by atoms with Gasteiger partial charge < -0.3 is 18.9 Å². The molecule has 0 spiro atoms. The molecular weight excluding hydrogens is 396 g/mol. The minimum Gasteiger partial charge on any atom is -0.352 e. The first-order valence-corrected chi connectivity index (χ1v) is 12.2. The van der Waals surface area contributed by atoms with Gasteiger partial charge in [0.15, 0.2) is 6.29 Å². The molecule has 188 valence electrons. The van der Waals surface area contributed by atoms with Gasteiger partial charge in [-0.25, -0.2) is 4.89 Å². The van der Waals surface area contributed by atoms with Crippen molar-refractivity contribution < 1.29 is 28.7 Å². The zero-order valence-corrected chi connectivity index (χ0v) is 22.3. The predicted octanol–water partition coefficient (Wildman–Crippen LogP) is 6.86. The van der Waals surface area contributed by atoms with Crippen molar-refractivity contribution >= 4 is 0 Å². The van der Waals surface area contributed by atoms with Crippen LogP contribution in [0.3, 0.4) is 0 Å². The van der Waals surface area contributed by atoms with Crippen LogP contribution in [-0.2, 0) is 28.7 Å². The van der Waals surface area contributed by atoms with Crippen LogP contribution in [0.1, 0.15) is 108 Å². The van der Waals surface area contributed by atoms with Gasteiger partial charge in [0.05, 0.1) is 30.3 Å². The molecular formula is C25H52O6. The van der Waals surface area contributed by atoms with Gasteiger partial charge >= 0.3 is 5.97 Å². The second kappa shape index (κ2) is 14.8. The van der Waals surface area contributed by atoms with Gasteiger partial charge in [-0.3, -0.25) is 0 Å². The fraction of sp³-hybridized carbons (Fsp3) is 1.00. The number of rotatable bonds is 18. The molecule has 0 aliphatic carbocycles. The highest BCUT2D eigenvalue weighted by Gasteiger charge is 2.58. The topological polar surface area (TPSA) is 55.4 Å². The number of unbranched alkanes of at least 4 members (excludes halogenated alkanes) is 3. The summed E-state index contributed by atoms with van der Waals surface area (Å²) in [6.45, 7) is 23.9. The Morgan fingerprint density at radius 2 is 1.39 bits per heavy atom. The van der Waals surface area contributed by atoms with Crippen molar-refractivity contribution in [3.63, 3.8) is 0 Å². The lowest BCUT2D eigenvalue weighted by Gasteiger charge is -2.49. The van der Waals surface area contributed by atoms with Crippen molar-refractivity contribution in [3.05, 3.63) is 0 Å². The molecule has 0 amide bonds. The van der Waals surface area contributed by atoms with E-state index in [-0.39, 0.29) is 12.0 Å². The molecule has 0 aromatic carbocycles. The summed E-state index contributed by atoms with van der Waals surface area (Å²) in [6.07, 6.45) is 4.44. The fourth-order valence-corrected chi connectivity index (χ4v) is 2.85. The van der Waals surface area contributed by atoms with E-state index in [9.17, 15) is 0 Å². The largest absolute Gasteiger partial charge is 0.352 e. The van der Waals surface area contributed by atoms with Crippen LogP contribution in [0, 0.1) is 11.3 Å². The average Bonchev–Trinajstić information content (AvgIpc) is 2.63. The van der Waals surface area contributed by atoms with Crippen molar-refractivity contribution in [2.24, 2.45) is 11.3 Å². The van der Waals surface area contributed by atoms with Crippen LogP contribution in [-0.4, -0.2) is 43.8 Å². The first kappa shape index (κ1) is 30.8. The molecule has 6 nitrogen and oxygen atoms in total. The highest BCUT2D eigenvalue weighted by Crippen LogP contribution is 2.44. The lowest BCUT2D eigenvalue weighted by Crippen LogP contribution is -2.61. The molecule has 2 atom stereocenters. The van der Waals surface area contributed by atoms with E-state index in [1.807, 2.05) is 48.5 Å². The summed E-state index contributed by atoms with van der Waals surface area (Å²) in [7, 11) is 0. The number of hydrogen-bond acceptors (Lipinski definition) is 6. The van der Waals surface area contributed by atoms with E-state index in [1.165, 1.54) is 0 Å². The zero-order valence-electron chi connectivity index (χ0n) is 22.3. The second-order valence-corrected chi connectivity index (χ2v) is 10.6. The molecule has 0 N–H and O–H groups in total. The molecule has 6 heteroatoms. The maximum Gasteiger partial charge on any atom is 0.322 e. The van der Waals surface area contributed by atoms with E-state index in [2.05, 4.69) is 27.7 Å². The van der Waals surface area contributed by atoms with Gasteiger partial charge in [0.2, 0.25) is 0 Å². The SMILES string of the molecule is CCCCCOOC(OCC(C)C)(OC(C)(C)C)C(C)(C)C(OCCCC)OC(C)C. The van der Waals surface area contributed by atoms with E-state index >= 15 is 0 Å².